The molecule has 1 heterocycles. The fraction of sp³-hybridized carbons (Fsp3) is 0.857. The van der Waals surface area contributed by atoms with Crippen molar-refractivity contribution in [2.45, 2.75) is 32.4 Å². The second kappa shape index (κ2) is 2.58. The summed E-state index contributed by atoms with van der Waals surface area (Å²) in [6, 6.07) is 0. The molecule has 10 heavy (non-hydrogen) atoms. The third-order valence-electron chi connectivity index (χ3n) is 1.67. The molecule has 1 rings (SSSR count). The minimum Gasteiger partial charge on any atom is -0.443 e. The first kappa shape index (κ1) is 7.54. The van der Waals surface area contributed by atoms with Gasteiger partial charge in [0, 0.05) is 6.42 Å². The number of carbonyl (C=O) groups excluding carboxylic acids is 1. The molecule has 1 atom stereocenters. The molecule has 3 heteroatoms. The van der Waals surface area contributed by atoms with Gasteiger partial charge in [-0.1, -0.05) is 13.3 Å². The highest BCUT2D eigenvalue weighted by atomic mass is 16.6. The maximum absolute atomic E-state index is 10.6. The van der Waals surface area contributed by atoms with Gasteiger partial charge < -0.3 is 4.74 Å². The molecule has 1 unspecified atom stereocenters. The van der Waals surface area contributed by atoms with E-state index in [1.165, 1.54) is 0 Å². The highest BCUT2D eigenvalue weighted by Crippen LogP contribution is 2.17. The van der Waals surface area contributed by atoms with Gasteiger partial charge in [0.05, 0.1) is 6.54 Å². The number of rotatable bonds is 2. The number of ether oxygens (including phenoxy) is 1. The first-order valence-corrected chi connectivity index (χ1v) is 3.63. The van der Waals surface area contributed by atoms with E-state index in [1.54, 1.807) is 0 Å². The van der Waals surface area contributed by atoms with E-state index in [0.717, 1.165) is 12.8 Å². The molecular weight excluding hydrogens is 130 g/mol. The summed E-state index contributed by atoms with van der Waals surface area (Å²) >= 11 is 0. The van der Waals surface area contributed by atoms with E-state index in [0.29, 0.717) is 6.54 Å². The van der Waals surface area contributed by atoms with Crippen LogP contribution in [-0.2, 0) is 9.53 Å². The Hall–Kier alpha value is -0.570. The molecule has 0 spiro atoms. The van der Waals surface area contributed by atoms with E-state index in [1.807, 2.05) is 6.92 Å². The van der Waals surface area contributed by atoms with Crippen molar-refractivity contribution in [3.8, 4) is 0 Å². The quantitative estimate of drug-likeness (QED) is 0.577. The number of hydrogen-bond acceptors (Lipinski definition) is 3. The van der Waals surface area contributed by atoms with Gasteiger partial charge in [-0.2, -0.15) is 0 Å². The van der Waals surface area contributed by atoms with Crippen molar-refractivity contribution in [3.05, 3.63) is 0 Å². The molecule has 1 N–H and O–H groups in total. The largest absolute Gasteiger partial charge is 0.443 e. The van der Waals surface area contributed by atoms with Crippen LogP contribution in [0.3, 0.4) is 0 Å². The highest BCUT2D eigenvalue weighted by molar-refractivity contribution is 5.74. The molecule has 0 amide bonds. The van der Waals surface area contributed by atoms with E-state index in [2.05, 4.69) is 12.2 Å². The summed E-state index contributed by atoms with van der Waals surface area (Å²) in [5, 5.41) is 3.01. The number of carbonyl (C=O) groups is 1. The third-order valence-corrected chi connectivity index (χ3v) is 1.67. The van der Waals surface area contributed by atoms with Crippen LogP contribution >= 0.6 is 0 Å². The van der Waals surface area contributed by atoms with Crippen molar-refractivity contribution in [2.75, 3.05) is 6.54 Å². The molecule has 3 nitrogen and oxygen atoms in total. The highest BCUT2D eigenvalue weighted by Gasteiger charge is 2.33. The summed E-state index contributed by atoms with van der Waals surface area (Å²) in [4.78, 5) is 10.6. The van der Waals surface area contributed by atoms with Crippen LogP contribution in [0.15, 0.2) is 0 Å². The Bertz CT molecular complexity index is 147. The van der Waals surface area contributed by atoms with Crippen molar-refractivity contribution in [1.82, 2.24) is 5.32 Å². The van der Waals surface area contributed by atoms with Crippen LogP contribution in [0.2, 0.25) is 0 Å². The predicted molar refractivity (Wildman–Crippen MR) is 37.4 cm³/mol. The maximum Gasteiger partial charge on any atom is 0.321 e. The number of hydrogen-bond donors (Lipinski definition) is 1. The van der Waals surface area contributed by atoms with Crippen molar-refractivity contribution >= 4 is 5.97 Å². The van der Waals surface area contributed by atoms with E-state index in [4.69, 9.17) is 4.74 Å². The molecule has 1 aliphatic rings. The molecule has 1 saturated heterocycles. The molecule has 0 aromatic carbocycles. The van der Waals surface area contributed by atoms with Gasteiger partial charge in [0.25, 0.3) is 0 Å². The van der Waals surface area contributed by atoms with Gasteiger partial charge in [0.2, 0.25) is 0 Å². The summed E-state index contributed by atoms with van der Waals surface area (Å²) in [5.41, 5.74) is -0.383. The summed E-state index contributed by atoms with van der Waals surface area (Å²) in [7, 11) is 0. The van der Waals surface area contributed by atoms with Gasteiger partial charge >= 0.3 is 5.97 Å². The van der Waals surface area contributed by atoms with E-state index < -0.39 is 0 Å². The van der Waals surface area contributed by atoms with Gasteiger partial charge in [-0.25, -0.2) is 0 Å². The Morgan fingerprint density at radius 1 is 1.80 bits per heavy atom. The van der Waals surface area contributed by atoms with Gasteiger partial charge in [-0.15, -0.1) is 0 Å². The van der Waals surface area contributed by atoms with Gasteiger partial charge in [0.15, 0.2) is 5.72 Å². The van der Waals surface area contributed by atoms with Crippen molar-refractivity contribution in [1.29, 1.82) is 0 Å². The standard InChI is InChI=1S/C7H13NO2/c1-3-4-7(2)8-5-6(9)10-7/h8H,3-5H2,1-2H3. The van der Waals surface area contributed by atoms with Crippen LogP contribution in [-0.4, -0.2) is 18.2 Å². The zero-order chi connectivity index (χ0) is 7.61. The van der Waals surface area contributed by atoms with Gasteiger partial charge in [-0.3, -0.25) is 10.1 Å². The second-order valence-corrected chi connectivity index (χ2v) is 2.81. The molecule has 1 fully saturated rings. The molecule has 0 bridgehead atoms. The molecule has 0 aliphatic carbocycles. The Morgan fingerprint density at radius 2 is 2.50 bits per heavy atom. The van der Waals surface area contributed by atoms with Crippen LogP contribution in [0.5, 0.6) is 0 Å². The lowest BCUT2D eigenvalue weighted by atomic mass is 10.1. The molecule has 58 valence electrons. The minimum absolute atomic E-state index is 0.143. The van der Waals surface area contributed by atoms with Crippen molar-refractivity contribution in [2.24, 2.45) is 0 Å². The SMILES string of the molecule is CCCC1(C)NCC(=O)O1. The number of nitrogens with one attached hydrogen (secondary N) is 1. The van der Waals surface area contributed by atoms with Crippen LogP contribution in [0, 0.1) is 0 Å². The molecular formula is C7H13NO2. The fourth-order valence-corrected chi connectivity index (χ4v) is 1.20. The van der Waals surface area contributed by atoms with Crippen molar-refractivity contribution < 1.29 is 9.53 Å². The summed E-state index contributed by atoms with van der Waals surface area (Å²) < 4.78 is 5.04. The minimum atomic E-state index is -0.383. The van der Waals surface area contributed by atoms with Gasteiger partial charge in [-0.05, 0) is 6.92 Å². The third kappa shape index (κ3) is 1.48. The van der Waals surface area contributed by atoms with E-state index >= 15 is 0 Å². The van der Waals surface area contributed by atoms with Crippen LogP contribution < -0.4 is 5.32 Å². The predicted octanol–water partition coefficient (Wildman–Crippen LogP) is 0.649. The normalized spacial score (nSPS) is 32.4. The topological polar surface area (TPSA) is 38.3 Å². The summed E-state index contributed by atoms with van der Waals surface area (Å²) in [6.45, 7) is 4.33. The Kier molecular flexibility index (Phi) is 1.94. The maximum atomic E-state index is 10.6. The average Bonchev–Trinajstić information content (AvgIpc) is 2.12. The zero-order valence-corrected chi connectivity index (χ0v) is 6.44. The van der Waals surface area contributed by atoms with Crippen LogP contribution in [0.4, 0.5) is 0 Å². The van der Waals surface area contributed by atoms with Gasteiger partial charge in [0.1, 0.15) is 0 Å². The van der Waals surface area contributed by atoms with E-state index in [-0.39, 0.29) is 11.7 Å². The Balaban J connectivity index is 2.46. The second-order valence-electron chi connectivity index (χ2n) is 2.81. The number of cyclic esters (lactones) is 1. The summed E-state index contributed by atoms with van der Waals surface area (Å²) in [5.74, 6) is -0.143. The summed E-state index contributed by atoms with van der Waals surface area (Å²) in [6.07, 6.45) is 1.91. The first-order valence-electron chi connectivity index (χ1n) is 3.63. The smallest absolute Gasteiger partial charge is 0.321 e. The first-order chi connectivity index (χ1) is 4.66. The Morgan fingerprint density at radius 3 is 2.90 bits per heavy atom. The molecule has 0 aromatic heterocycles. The zero-order valence-electron chi connectivity index (χ0n) is 6.44. The van der Waals surface area contributed by atoms with Crippen LogP contribution in [0.25, 0.3) is 0 Å². The molecule has 0 aromatic rings. The molecule has 1 aliphatic heterocycles. The monoisotopic (exact) mass is 143 g/mol. The Labute approximate surface area is 60.7 Å². The van der Waals surface area contributed by atoms with Crippen LogP contribution in [0.1, 0.15) is 26.7 Å². The van der Waals surface area contributed by atoms with E-state index in [9.17, 15) is 4.79 Å². The fourth-order valence-electron chi connectivity index (χ4n) is 1.20. The molecule has 0 radical (unpaired) electrons. The average molecular weight is 143 g/mol. The van der Waals surface area contributed by atoms with Crippen molar-refractivity contribution in [3.63, 3.8) is 0 Å². The lowest BCUT2D eigenvalue weighted by molar-refractivity contribution is -0.147. The lowest BCUT2D eigenvalue weighted by Crippen LogP contribution is -2.37. The molecule has 0 saturated carbocycles. The number of esters is 1. The lowest BCUT2D eigenvalue weighted by Gasteiger charge is -2.21.